The molecular weight excluding hydrogens is 448 g/mol. The van der Waals surface area contributed by atoms with Gasteiger partial charge in [-0.1, -0.05) is 0 Å². The molecule has 12 heteroatoms. The average molecular weight is 475 g/mol. The quantitative estimate of drug-likeness (QED) is 0.238. The maximum atomic E-state index is 10.7. The molecule has 0 unspecified atom stereocenters. The van der Waals surface area contributed by atoms with Crippen molar-refractivity contribution < 1.29 is 35.4 Å². The number of hydrogen-bond donors (Lipinski definition) is 4. The van der Waals surface area contributed by atoms with Crippen molar-refractivity contribution in [2.45, 2.75) is 19.3 Å². The fraction of sp³-hybridized carbons (Fsp3) is 0.368. The summed E-state index contributed by atoms with van der Waals surface area (Å²) in [6.07, 6.45) is 2.58. The van der Waals surface area contributed by atoms with Crippen molar-refractivity contribution in [1.29, 1.82) is 0 Å². The lowest BCUT2D eigenvalue weighted by molar-refractivity contribution is 0.279. The van der Waals surface area contributed by atoms with Gasteiger partial charge in [0.25, 0.3) is 20.2 Å². The third-order valence-corrected chi connectivity index (χ3v) is 4.97. The highest BCUT2D eigenvalue weighted by Crippen LogP contribution is 2.17. The lowest BCUT2D eigenvalue weighted by atomic mass is 10.2. The molecule has 0 radical (unpaired) electrons. The molecule has 172 valence electrons. The molecule has 0 aromatic heterocycles. The Balaban J connectivity index is 1.56. The normalized spacial score (nSPS) is 11.7. The van der Waals surface area contributed by atoms with Crippen molar-refractivity contribution in [3.8, 4) is 11.5 Å². The summed E-state index contributed by atoms with van der Waals surface area (Å²) in [6, 6.07) is 13.5. The molecule has 0 atom stereocenters. The van der Waals surface area contributed by atoms with Gasteiger partial charge in [-0.25, -0.2) is 0 Å². The summed E-state index contributed by atoms with van der Waals surface area (Å²) >= 11 is 0. The lowest BCUT2D eigenvalue weighted by Gasteiger charge is -2.09. The first-order valence-corrected chi connectivity index (χ1v) is 12.7. The van der Waals surface area contributed by atoms with Gasteiger partial charge in [-0.05, 0) is 67.8 Å². The van der Waals surface area contributed by atoms with Crippen molar-refractivity contribution in [1.82, 2.24) is 0 Å². The van der Waals surface area contributed by atoms with Gasteiger partial charge in [-0.3, -0.25) is 9.11 Å². The van der Waals surface area contributed by atoms with E-state index in [-0.39, 0.29) is 0 Å². The second-order valence-electron chi connectivity index (χ2n) is 6.61. The fourth-order valence-electron chi connectivity index (χ4n) is 2.45. The van der Waals surface area contributed by atoms with Gasteiger partial charge in [0.15, 0.2) is 0 Å². The van der Waals surface area contributed by atoms with E-state index in [0.29, 0.717) is 36.1 Å². The van der Waals surface area contributed by atoms with E-state index < -0.39 is 32.0 Å². The molecule has 0 aliphatic carbocycles. The first kappa shape index (κ1) is 24.7. The maximum Gasteiger partial charge on any atom is 0.283 e. The number of unbranched alkanes of at least 4 members (excludes halogenated alkanes) is 2. The number of ether oxygens (including phenoxy) is 2. The van der Waals surface area contributed by atoms with Crippen LogP contribution in [0.5, 0.6) is 11.5 Å². The molecule has 0 bridgehead atoms. The Hall–Kier alpha value is -2.54. The predicted molar refractivity (Wildman–Crippen MR) is 118 cm³/mol. The molecule has 10 nitrogen and oxygen atoms in total. The highest BCUT2D eigenvalue weighted by molar-refractivity contribution is 7.86. The summed E-state index contributed by atoms with van der Waals surface area (Å²) in [6.45, 7) is 1.07. The summed E-state index contributed by atoms with van der Waals surface area (Å²) in [5.41, 5.74) is 1.12. The van der Waals surface area contributed by atoms with E-state index in [9.17, 15) is 16.8 Å². The van der Waals surface area contributed by atoms with Crippen LogP contribution in [0.15, 0.2) is 48.5 Å². The molecule has 2 rings (SSSR count). The topological polar surface area (TPSA) is 151 Å². The van der Waals surface area contributed by atoms with Crippen molar-refractivity contribution in [2.75, 3.05) is 35.6 Å². The van der Waals surface area contributed by atoms with Gasteiger partial charge in [0.1, 0.15) is 23.3 Å². The number of anilines is 2. The van der Waals surface area contributed by atoms with E-state index >= 15 is 0 Å². The molecule has 31 heavy (non-hydrogen) atoms. The molecule has 0 heterocycles. The first-order chi connectivity index (χ1) is 14.6. The summed E-state index contributed by atoms with van der Waals surface area (Å²) in [5.74, 6) is 0.224. The smallest absolute Gasteiger partial charge is 0.283 e. The third kappa shape index (κ3) is 11.4. The Morgan fingerprint density at radius 2 is 0.968 bits per heavy atom. The first-order valence-electron chi connectivity index (χ1n) is 9.44. The van der Waals surface area contributed by atoms with Crippen molar-refractivity contribution >= 4 is 31.6 Å². The van der Waals surface area contributed by atoms with E-state index in [1.807, 2.05) is 0 Å². The Labute approximate surface area is 182 Å². The van der Waals surface area contributed by atoms with Crippen LogP contribution in [-0.2, 0) is 20.2 Å². The molecule has 0 saturated carbocycles. The van der Waals surface area contributed by atoms with E-state index in [4.69, 9.17) is 18.6 Å². The van der Waals surface area contributed by atoms with Crippen molar-refractivity contribution in [3.05, 3.63) is 48.5 Å². The zero-order chi connectivity index (χ0) is 22.7. The van der Waals surface area contributed by atoms with Crippen molar-refractivity contribution in [2.24, 2.45) is 0 Å². The molecule has 0 spiro atoms. The second kappa shape index (κ2) is 11.7. The summed E-state index contributed by atoms with van der Waals surface area (Å²) < 4.78 is 71.5. The average Bonchev–Trinajstić information content (AvgIpc) is 2.70. The molecule has 2 aromatic rings. The monoisotopic (exact) mass is 474 g/mol. The number of nitrogens with one attached hydrogen (secondary N) is 2. The van der Waals surface area contributed by atoms with E-state index in [1.54, 1.807) is 48.5 Å². The maximum absolute atomic E-state index is 10.7. The van der Waals surface area contributed by atoms with Gasteiger partial charge in [0, 0.05) is 11.4 Å². The van der Waals surface area contributed by atoms with E-state index in [2.05, 4.69) is 10.6 Å². The molecule has 0 saturated heterocycles. The molecule has 2 aromatic carbocycles. The minimum atomic E-state index is -4.07. The summed E-state index contributed by atoms with van der Waals surface area (Å²) in [5, 5.41) is 5.17. The van der Waals surface area contributed by atoms with Gasteiger partial charge in [0.2, 0.25) is 0 Å². The minimum Gasteiger partial charge on any atom is -0.494 e. The highest BCUT2D eigenvalue weighted by Gasteiger charge is 2.04. The molecule has 4 N–H and O–H groups in total. The van der Waals surface area contributed by atoms with Gasteiger partial charge in [-0.2, -0.15) is 16.8 Å². The Bertz CT molecular complexity index is 924. The SMILES string of the molecule is O=S(=O)(O)CNc1ccc(OCCCCCOc2ccc(NCS(=O)(=O)O)cc2)cc1. The summed E-state index contributed by atoms with van der Waals surface area (Å²) in [4.78, 5) is 0. The van der Waals surface area contributed by atoms with Crippen LogP contribution in [0.2, 0.25) is 0 Å². The van der Waals surface area contributed by atoms with Crippen LogP contribution in [0.4, 0.5) is 11.4 Å². The molecule has 0 aliphatic heterocycles. The number of benzene rings is 2. The fourth-order valence-corrected chi connectivity index (χ4v) is 3.15. The van der Waals surface area contributed by atoms with Crippen LogP contribution >= 0.6 is 0 Å². The van der Waals surface area contributed by atoms with E-state index in [0.717, 1.165) is 19.3 Å². The minimum absolute atomic E-state index is 0.534. The van der Waals surface area contributed by atoms with Gasteiger partial charge in [0.05, 0.1) is 13.2 Å². The van der Waals surface area contributed by atoms with Gasteiger partial charge < -0.3 is 20.1 Å². The Morgan fingerprint density at radius 3 is 1.29 bits per heavy atom. The standard InChI is InChI=1S/C19H26N2O8S2/c22-30(23,24)14-20-16-4-8-18(9-5-16)28-12-2-1-3-13-29-19-10-6-17(7-11-19)21-15-31(25,26)27/h4-11,20-21H,1-3,12-15H2,(H,22,23,24)(H,25,26,27). The third-order valence-electron chi connectivity index (χ3n) is 3.95. The zero-order valence-electron chi connectivity index (χ0n) is 16.7. The van der Waals surface area contributed by atoms with Crippen LogP contribution < -0.4 is 20.1 Å². The van der Waals surface area contributed by atoms with Crippen LogP contribution in [0.1, 0.15) is 19.3 Å². The van der Waals surface area contributed by atoms with Crippen LogP contribution in [-0.4, -0.2) is 50.9 Å². The molecule has 0 amide bonds. The Kier molecular flexibility index (Phi) is 9.37. The number of hydrogen-bond acceptors (Lipinski definition) is 8. The van der Waals surface area contributed by atoms with Crippen molar-refractivity contribution in [3.63, 3.8) is 0 Å². The largest absolute Gasteiger partial charge is 0.494 e. The molecular formula is C19H26N2O8S2. The van der Waals surface area contributed by atoms with Gasteiger partial charge in [-0.15, -0.1) is 0 Å². The Morgan fingerprint density at radius 1 is 0.613 bits per heavy atom. The van der Waals surface area contributed by atoms with E-state index in [1.165, 1.54) is 0 Å². The zero-order valence-corrected chi connectivity index (χ0v) is 18.4. The second-order valence-corrected chi connectivity index (χ2v) is 9.52. The number of rotatable bonds is 14. The van der Waals surface area contributed by atoms with Crippen LogP contribution in [0.3, 0.4) is 0 Å². The molecule has 0 fully saturated rings. The molecule has 0 aliphatic rings. The van der Waals surface area contributed by atoms with Gasteiger partial charge >= 0.3 is 0 Å². The highest BCUT2D eigenvalue weighted by atomic mass is 32.2. The lowest BCUT2D eigenvalue weighted by Crippen LogP contribution is -2.12. The summed E-state index contributed by atoms with van der Waals surface area (Å²) in [7, 11) is -8.14. The van der Waals surface area contributed by atoms with Crippen LogP contribution in [0.25, 0.3) is 0 Å². The van der Waals surface area contributed by atoms with Crippen LogP contribution in [0, 0.1) is 0 Å². The predicted octanol–water partition coefficient (Wildman–Crippen LogP) is 2.83.